The molecule has 0 saturated carbocycles. The van der Waals surface area contributed by atoms with Crippen LogP contribution in [-0.4, -0.2) is 29.9 Å². The highest BCUT2D eigenvalue weighted by Crippen LogP contribution is 2.27. The Morgan fingerprint density at radius 3 is 2.63 bits per heavy atom. The molecule has 6 nitrogen and oxygen atoms in total. The molecule has 0 fully saturated rings. The SMILES string of the molecule is Cc1cc(O)ccc1-c1nc(C(C)S(C)(=O)=O)no1. The Morgan fingerprint density at radius 1 is 1.37 bits per heavy atom. The lowest BCUT2D eigenvalue weighted by Gasteiger charge is -2.02. The molecule has 0 aliphatic rings. The lowest BCUT2D eigenvalue weighted by Crippen LogP contribution is -2.09. The molecule has 7 heteroatoms. The molecule has 1 unspecified atom stereocenters. The third-order valence-corrected chi connectivity index (χ3v) is 4.38. The summed E-state index contributed by atoms with van der Waals surface area (Å²) in [5.74, 6) is 0.512. The van der Waals surface area contributed by atoms with Gasteiger partial charge in [0, 0.05) is 11.8 Å². The van der Waals surface area contributed by atoms with Gasteiger partial charge in [-0.1, -0.05) is 5.16 Å². The molecule has 0 aliphatic carbocycles. The van der Waals surface area contributed by atoms with E-state index in [1.807, 2.05) is 0 Å². The van der Waals surface area contributed by atoms with Crippen LogP contribution in [0.1, 0.15) is 23.6 Å². The number of sulfone groups is 1. The Bertz CT molecular complexity index is 706. The fourth-order valence-electron chi connectivity index (χ4n) is 1.59. The summed E-state index contributed by atoms with van der Waals surface area (Å²) >= 11 is 0. The highest BCUT2D eigenvalue weighted by molar-refractivity contribution is 7.90. The van der Waals surface area contributed by atoms with Gasteiger partial charge >= 0.3 is 0 Å². The van der Waals surface area contributed by atoms with Crippen LogP contribution >= 0.6 is 0 Å². The maximum Gasteiger partial charge on any atom is 0.258 e. The van der Waals surface area contributed by atoms with Gasteiger partial charge in [-0.2, -0.15) is 4.98 Å². The van der Waals surface area contributed by atoms with Crippen LogP contribution in [0.2, 0.25) is 0 Å². The fourth-order valence-corrected chi connectivity index (χ4v) is 2.07. The fraction of sp³-hybridized carbons (Fsp3) is 0.333. The lowest BCUT2D eigenvalue weighted by atomic mass is 10.1. The van der Waals surface area contributed by atoms with E-state index in [1.54, 1.807) is 19.1 Å². The van der Waals surface area contributed by atoms with E-state index in [2.05, 4.69) is 10.1 Å². The quantitative estimate of drug-likeness (QED) is 0.923. The number of nitrogens with zero attached hydrogens (tertiary/aromatic N) is 2. The zero-order valence-corrected chi connectivity index (χ0v) is 11.6. The molecular formula is C12H14N2O4S. The maximum absolute atomic E-state index is 11.4. The van der Waals surface area contributed by atoms with Crippen LogP contribution in [0.5, 0.6) is 5.75 Å². The van der Waals surface area contributed by atoms with Crippen molar-refractivity contribution in [2.45, 2.75) is 19.1 Å². The highest BCUT2D eigenvalue weighted by Gasteiger charge is 2.23. The topological polar surface area (TPSA) is 93.3 Å². The zero-order valence-electron chi connectivity index (χ0n) is 10.8. The Hall–Kier alpha value is -1.89. The predicted octanol–water partition coefficient (Wildman–Crippen LogP) is 1.86. The molecule has 0 saturated heterocycles. The standard InChI is InChI=1S/C12H14N2O4S/c1-7-6-9(15)4-5-10(7)12-13-11(14-18-12)8(2)19(3,16)17/h4-6,8,15H,1-3H3. The number of aryl methyl sites for hydroxylation is 1. The largest absolute Gasteiger partial charge is 0.508 e. The number of aromatic nitrogens is 2. The first-order chi connectivity index (χ1) is 8.79. The highest BCUT2D eigenvalue weighted by atomic mass is 32.2. The van der Waals surface area contributed by atoms with Crippen molar-refractivity contribution < 1.29 is 18.0 Å². The van der Waals surface area contributed by atoms with Gasteiger partial charge in [-0.3, -0.25) is 0 Å². The molecule has 0 amide bonds. The summed E-state index contributed by atoms with van der Waals surface area (Å²) in [7, 11) is -3.27. The van der Waals surface area contributed by atoms with Crippen molar-refractivity contribution in [3.05, 3.63) is 29.6 Å². The van der Waals surface area contributed by atoms with Crippen LogP contribution in [0.4, 0.5) is 0 Å². The minimum absolute atomic E-state index is 0.130. The van der Waals surface area contributed by atoms with E-state index < -0.39 is 15.1 Å². The van der Waals surface area contributed by atoms with E-state index in [0.29, 0.717) is 5.56 Å². The molecule has 0 radical (unpaired) electrons. The van der Waals surface area contributed by atoms with Crippen molar-refractivity contribution in [3.8, 4) is 17.2 Å². The number of phenols is 1. The lowest BCUT2D eigenvalue weighted by molar-refractivity contribution is 0.421. The second kappa shape index (κ2) is 4.65. The van der Waals surface area contributed by atoms with Gasteiger partial charge in [0.25, 0.3) is 5.89 Å². The van der Waals surface area contributed by atoms with Gasteiger partial charge in [0.1, 0.15) is 11.0 Å². The first-order valence-electron chi connectivity index (χ1n) is 5.61. The van der Waals surface area contributed by atoms with Crippen molar-refractivity contribution in [1.29, 1.82) is 0 Å². The minimum atomic E-state index is -3.27. The first-order valence-corrected chi connectivity index (χ1v) is 7.57. The summed E-state index contributed by atoms with van der Waals surface area (Å²) < 4.78 is 27.9. The molecule has 19 heavy (non-hydrogen) atoms. The molecule has 102 valence electrons. The average molecular weight is 282 g/mol. The van der Waals surface area contributed by atoms with Gasteiger partial charge in [0.15, 0.2) is 15.7 Å². The summed E-state index contributed by atoms with van der Waals surface area (Å²) in [4.78, 5) is 4.10. The van der Waals surface area contributed by atoms with Crippen LogP contribution in [0.3, 0.4) is 0 Å². The third-order valence-electron chi connectivity index (χ3n) is 2.89. The summed E-state index contributed by atoms with van der Waals surface area (Å²) in [6.07, 6.45) is 1.12. The van der Waals surface area contributed by atoms with Crippen molar-refractivity contribution in [2.75, 3.05) is 6.26 Å². The second-order valence-corrected chi connectivity index (χ2v) is 6.79. The van der Waals surface area contributed by atoms with E-state index in [4.69, 9.17) is 4.52 Å². The number of benzene rings is 1. The van der Waals surface area contributed by atoms with Crippen LogP contribution in [-0.2, 0) is 9.84 Å². The summed E-state index contributed by atoms with van der Waals surface area (Å²) in [5.41, 5.74) is 1.43. The molecule has 1 N–H and O–H groups in total. The Balaban J connectivity index is 2.41. The molecule has 0 spiro atoms. The Morgan fingerprint density at radius 2 is 2.05 bits per heavy atom. The summed E-state index contributed by atoms with van der Waals surface area (Å²) in [6, 6.07) is 4.72. The summed E-state index contributed by atoms with van der Waals surface area (Å²) in [6.45, 7) is 3.30. The Kier molecular flexibility index (Phi) is 3.32. The normalized spacial score (nSPS) is 13.4. The molecule has 1 aromatic heterocycles. The van der Waals surface area contributed by atoms with Gasteiger partial charge in [-0.25, -0.2) is 8.42 Å². The molecule has 1 atom stereocenters. The minimum Gasteiger partial charge on any atom is -0.508 e. The van der Waals surface area contributed by atoms with E-state index in [9.17, 15) is 13.5 Å². The van der Waals surface area contributed by atoms with Crippen LogP contribution in [0.15, 0.2) is 22.7 Å². The van der Waals surface area contributed by atoms with Crippen molar-refractivity contribution in [3.63, 3.8) is 0 Å². The van der Waals surface area contributed by atoms with Gasteiger partial charge in [0.2, 0.25) is 0 Å². The molecular weight excluding hydrogens is 268 g/mol. The van der Waals surface area contributed by atoms with Gasteiger partial charge in [0.05, 0.1) is 0 Å². The van der Waals surface area contributed by atoms with Gasteiger partial charge in [-0.15, -0.1) is 0 Å². The van der Waals surface area contributed by atoms with E-state index >= 15 is 0 Å². The van der Waals surface area contributed by atoms with Crippen molar-refractivity contribution in [1.82, 2.24) is 10.1 Å². The van der Waals surface area contributed by atoms with Crippen LogP contribution in [0, 0.1) is 6.92 Å². The number of aromatic hydroxyl groups is 1. The predicted molar refractivity (Wildman–Crippen MR) is 69.4 cm³/mol. The average Bonchev–Trinajstić information content (AvgIpc) is 2.75. The maximum atomic E-state index is 11.4. The molecule has 1 aromatic carbocycles. The molecule has 2 aromatic rings. The zero-order chi connectivity index (χ0) is 14.2. The number of hydrogen-bond acceptors (Lipinski definition) is 6. The number of phenolic OH excluding ortho intramolecular Hbond substituents is 1. The number of rotatable bonds is 3. The van der Waals surface area contributed by atoms with Crippen LogP contribution < -0.4 is 0 Å². The Labute approximate surface area is 111 Å². The van der Waals surface area contributed by atoms with E-state index in [-0.39, 0.29) is 17.5 Å². The van der Waals surface area contributed by atoms with Crippen LogP contribution in [0.25, 0.3) is 11.5 Å². The second-order valence-electron chi connectivity index (χ2n) is 4.43. The molecule has 0 bridgehead atoms. The summed E-state index contributed by atoms with van der Waals surface area (Å²) in [5, 5.41) is 12.2. The number of hydrogen-bond donors (Lipinski definition) is 1. The van der Waals surface area contributed by atoms with Gasteiger partial charge < -0.3 is 9.63 Å². The molecule has 1 heterocycles. The van der Waals surface area contributed by atoms with Gasteiger partial charge in [-0.05, 0) is 37.6 Å². The van der Waals surface area contributed by atoms with Crippen molar-refractivity contribution >= 4 is 9.84 Å². The van der Waals surface area contributed by atoms with E-state index in [1.165, 1.54) is 13.0 Å². The van der Waals surface area contributed by atoms with Crippen molar-refractivity contribution in [2.24, 2.45) is 0 Å². The smallest absolute Gasteiger partial charge is 0.258 e. The molecule has 2 rings (SSSR count). The monoisotopic (exact) mass is 282 g/mol. The third kappa shape index (κ3) is 2.76. The van der Waals surface area contributed by atoms with E-state index in [0.717, 1.165) is 11.8 Å². The molecule has 0 aliphatic heterocycles. The first kappa shape index (κ1) is 13.5.